The van der Waals surface area contributed by atoms with Crippen LogP contribution < -0.4 is 0 Å². The van der Waals surface area contributed by atoms with Gasteiger partial charge in [-0.2, -0.15) is 0 Å². The first kappa shape index (κ1) is 15.6. The number of ketones is 2. The summed E-state index contributed by atoms with van der Waals surface area (Å²) in [5, 5.41) is 19.4. The number of aliphatic hydroxyl groups excluding tert-OH is 1. The molecule has 1 aliphatic heterocycles. The highest BCUT2D eigenvalue weighted by molar-refractivity contribution is 6.21. The molecule has 114 valence electrons. The molecule has 0 spiro atoms. The number of nitrogens with zero attached hydrogens (tertiary/aromatic N) is 1. The Morgan fingerprint density at radius 3 is 2.62 bits per heavy atom. The lowest BCUT2D eigenvalue weighted by atomic mass is 9.83. The van der Waals surface area contributed by atoms with Crippen LogP contribution in [-0.4, -0.2) is 57.6 Å². The molecule has 0 aromatic heterocycles. The van der Waals surface area contributed by atoms with E-state index in [4.69, 9.17) is 9.84 Å². The smallest absolute Gasteiger partial charge is 0.226 e. The quantitative estimate of drug-likeness (QED) is 0.666. The number of hydrogen-bond acceptors (Lipinski definition) is 6. The molecule has 0 saturated carbocycles. The minimum Gasteiger partial charge on any atom is -0.394 e. The first-order valence-corrected chi connectivity index (χ1v) is 6.54. The third-order valence-electron chi connectivity index (χ3n) is 3.45. The fourth-order valence-corrected chi connectivity index (χ4v) is 2.61. The van der Waals surface area contributed by atoms with Crippen molar-refractivity contribution in [2.75, 3.05) is 13.2 Å². The van der Waals surface area contributed by atoms with Crippen molar-refractivity contribution in [3.8, 4) is 0 Å². The van der Waals surface area contributed by atoms with E-state index in [1.807, 2.05) is 0 Å². The zero-order chi connectivity index (χ0) is 15.8. The van der Waals surface area contributed by atoms with Crippen molar-refractivity contribution in [2.45, 2.75) is 32.1 Å². The molecule has 0 aromatic carbocycles. The summed E-state index contributed by atoms with van der Waals surface area (Å²) in [5.41, 5.74) is -1.49. The van der Waals surface area contributed by atoms with Gasteiger partial charge in [-0.25, -0.2) is 0 Å². The molecule has 21 heavy (non-hydrogen) atoms. The molecule has 2 atom stereocenters. The van der Waals surface area contributed by atoms with Crippen molar-refractivity contribution in [2.24, 2.45) is 0 Å². The molecule has 0 radical (unpaired) electrons. The summed E-state index contributed by atoms with van der Waals surface area (Å²) in [6.45, 7) is 2.24. The summed E-state index contributed by atoms with van der Waals surface area (Å²) < 4.78 is 5.34. The Labute approximate surface area is 121 Å². The van der Waals surface area contributed by atoms with Crippen molar-refractivity contribution in [1.82, 2.24) is 4.90 Å². The number of aliphatic hydroxyl groups is 2. The van der Waals surface area contributed by atoms with Gasteiger partial charge in [0, 0.05) is 18.9 Å². The van der Waals surface area contributed by atoms with E-state index < -0.39 is 29.3 Å². The molecule has 2 rings (SSSR count). The second-order valence-electron chi connectivity index (χ2n) is 5.26. The van der Waals surface area contributed by atoms with E-state index in [1.165, 1.54) is 13.8 Å². The Kier molecular flexibility index (Phi) is 4.08. The van der Waals surface area contributed by atoms with Gasteiger partial charge in [0.05, 0.1) is 13.2 Å². The summed E-state index contributed by atoms with van der Waals surface area (Å²) in [5.74, 6) is -1.41. The number of ether oxygens (including phenoxy) is 1. The van der Waals surface area contributed by atoms with Crippen molar-refractivity contribution in [1.29, 1.82) is 0 Å². The number of amides is 1. The SMILES string of the molecule is CC(=O)N1C2=C(CC(C)(O)C1OCCO)C(=O)C=CC2=O. The van der Waals surface area contributed by atoms with Crippen LogP contribution in [0.3, 0.4) is 0 Å². The van der Waals surface area contributed by atoms with Gasteiger partial charge in [0.15, 0.2) is 12.0 Å². The average Bonchev–Trinajstić information content (AvgIpc) is 2.39. The number of rotatable bonds is 3. The van der Waals surface area contributed by atoms with Crippen molar-refractivity contribution >= 4 is 17.5 Å². The van der Waals surface area contributed by atoms with Crippen LogP contribution in [-0.2, 0) is 19.1 Å². The van der Waals surface area contributed by atoms with Crippen LogP contribution in [0.4, 0.5) is 0 Å². The fraction of sp³-hybridized carbons (Fsp3) is 0.500. The van der Waals surface area contributed by atoms with E-state index in [0.29, 0.717) is 0 Å². The lowest BCUT2D eigenvalue weighted by Gasteiger charge is -2.45. The summed E-state index contributed by atoms with van der Waals surface area (Å²) in [6, 6.07) is 0. The largest absolute Gasteiger partial charge is 0.394 e. The molecule has 2 unspecified atom stereocenters. The van der Waals surface area contributed by atoms with Gasteiger partial charge < -0.3 is 14.9 Å². The molecular formula is C14H17NO6. The Hall–Kier alpha value is -1.83. The van der Waals surface area contributed by atoms with E-state index in [1.54, 1.807) is 0 Å². The zero-order valence-corrected chi connectivity index (χ0v) is 11.8. The molecule has 2 N–H and O–H groups in total. The van der Waals surface area contributed by atoms with Gasteiger partial charge in [0.2, 0.25) is 11.7 Å². The summed E-state index contributed by atoms with van der Waals surface area (Å²) >= 11 is 0. The van der Waals surface area contributed by atoms with Gasteiger partial charge in [-0.1, -0.05) is 0 Å². The van der Waals surface area contributed by atoms with Gasteiger partial charge in [-0.05, 0) is 19.1 Å². The van der Waals surface area contributed by atoms with Crippen LogP contribution in [0, 0.1) is 0 Å². The van der Waals surface area contributed by atoms with Crippen LogP contribution in [0.2, 0.25) is 0 Å². The molecule has 2 aliphatic rings. The highest BCUT2D eigenvalue weighted by Gasteiger charge is 2.49. The Bertz CT molecular complexity index is 560. The Morgan fingerprint density at radius 2 is 2.05 bits per heavy atom. The maximum Gasteiger partial charge on any atom is 0.226 e. The predicted molar refractivity (Wildman–Crippen MR) is 70.8 cm³/mol. The molecule has 0 saturated heterocycles. The van der Waals surface area contributed by atoms with Crippen molar-refractivity contribution in [3.63, 3.8) is 0 Å². The molecule has 1 amide bonds. The van der Waals surface area contributed by atoms with Crippen molar-refractivity contribution < 1.29 is 29.3 Å². The summed E-state index contributed by atoms with van der Waals surface area (Å²) in [6.07, 6.45) is 0.992. The standard InChI is InChI=1S/C14H17NO6/c1-8(17)15-12-9(10(18)3-4-11(12)19)7-14(2,20)13(15)21-6-5-16/h3-4,13,16,20H,5-7H2,1-2H3. The fourth-order valence-electron chi connectivity index (χ4n) is 2.61. The Balaban J connectivity index is 2.53. The maximum absolute atomic E-state index is 12.0. The third kappa shape index (κ3) is 2.67. The van der Waals surface area contributed by atoms with Crippen LogP contribution >= 0.6 is 0 Å². The Morgan fingerprint density at radius 1 is 1.43 bits per heavy atom. The molecule has 0 fully saturated rings. The van der Waals surface area contributed by atoms with E-state index in [-0.39, 0.29) is 30.9 Å². The minimum absolute atomic E-state index is 0.0514. The van der Waals surface area contributed by atoms with Gasteiger partial charge in [-0.15, -0.1) is 0 Å². The minimum atomic E-state index is -1.54. The first-order chi connectivity index (χ1) is 9.79. The van der Waals surface area contributed by atoms with E-state index >= 15 is 0 Å². The van der Waals surface area contributed by atoms with Gasteiger partial charge in [0.1, 0.15) is 11.3 Å². The monoisotopic (exact) mass is 295 g/mol. The average molecular weight is 295 g/mol. The summed E-state index contributed by atoms with van der Waals surface area (Å²) in [7, 11) is 0. The van der Waals surface area contributed by atoms with Gasteiger partial charge in [0.25, 0.3) is 0 Å². The zero-order valence-electron chi connectivity index (χ0n) is 11.8. The second-order valence-corrected chi connectivity index (χ2v) is 5.26. The highest BCUT2D eigenvalue weighted by Crippen LogP contribution is 2.37. The van der Waals surface area contributed by atoms with Crippen LogP contribution in [0.15, 0.2) is 23.4 Å². The molecule has 1 aliphatic carbocycles. The lowest BCUT2D eigenvalue weighted by molar-refractivity contribution is -0.184. The molecule has 7 heteroatoms. The second kappa shape index (κ2) is 5.51. The molecule has 1 heterocycles. The molecule has 0 aromatic rings. The maximum atomic E-state index is 12.0. The van der Waals surface area contributed by atoms with Gasteiger partial charge in [-0.3, -0.25) is 19.3 Å². The van der Waals surface area contributed by atoms with E-state index in [0.717, 1.165) is 17.1 Å². The number of hydrogen-bond donors (Lipinski definition) is 2. The highest BCUT2D eigenvalue weighted by atomic mass is 16.5. The number of allylic oxidation sites excluding steroid dienone is 2. The molecule has 7 nitrogen and oxygen atoms in total. The van der Waals surface area contributed by atoms with Crippen LogP contribution in [0.25, 0.3) is 0 Å². The lowest BCUT2D eigenvalue weighted by Crippen LogP contribution is -2.59. The molecule has 0 bridgehead atoms. The summed E-state index contributed by atoms with van der Waals surface area (Å²) in [4.78, 5) is 36.9. The van der Waals surface area contributed by atoms with Crippen molar-refractivity contribution in [3.05, 3.63) is 23.4 Å². The van der Waals surface area contributed by atoms with Crippen LogP contribution in [0.5, 0.6) is 0 Å². The van der Waals surface area contributed by atoms with Crippen LogP contribution in [0.1, 0.15) is 20.3 Å². The predicted octanol–water partition coefficient (Wildman–Crippen LogP) is -0.713. The number of carbonyl (C=O) groups excluding carboxylic acids is 3. The first-order valence-electron chi connectivity index (χ1n) is 6.54. The topological polar surface area (TPSA) is 104 Å². The van der Waals surface area contributed by atoms with E-state index in [2.05, 4.69) is 0 Å². The third-order valence-corrected chi connectivity index (χ3v) is 3.45. The number of carbonyl (C=O) groups is 3. The molecular weight excluding hydrogens is 278 g/mol. The normalized spacial score (nSPS) is 29.0. The van der Waals surface area contributed by atoms with E-state index in [9.17, 15) is 19.5 Å². The van der Waals surface area contributed by atoms with Gasteiger partial charge >= 0.3 is 0 Å².